The Hall–Kier alpha value is -2.08. The van der Waals surface area contributed by atoms with E-state index < -0.39 is 10.0 Å². The van der Waals surface area contributed by atoms with Crippen molar-refractivity contribution in [1.82, 2.24) is 4.98 Å². The normalized spacial score (nSPS) is 11.2. The first kappa shape index (κ1) is 17.3. The van der Waals surface area contributed by atoms with Gasteiger partial charge in [-0.25, -0.2) is 8.42 Å². The zero-order valence-corrected chi connectivity index (χ0v) is 14.3. The van der Waals surface area contributed by atoms with E-state index in [4.69, 9.17) is 4.74 Å². The fourth-order valence-corrected chi connectivity index (χ4v) is 3.86. The van der Waals surface area contributed by atoms with Crippen LogP contribution in [0.25, 0.3) is 0 Å². The Bertz CT molecular complexity index is 700. The van der Waals surface area contributed by atoms with E-state index in [0.717, 1.165) is 12.0 Å². The molecule has 6 heteroatoms. The summed E-state index contributed by atoms with van der Waals surface area (Å²) in [6.45, 7) is 2.25. The monoisotopic (exact) mass is 334 g/mol. The van der Waals surface area contributed by atoms with Crippen molar-refractivity contribution < 1.29 is 13.2 Å². The van der Waals surface area contributed by atoms with Crippen LogP contribution < -0.4 is 9.04 Å². The predicted molar refractivity (Wildman–Crippen MR) is 92.1 cm³/mol. The van der Waals surface area contributed by atoms with Crippen molar-refractivity contribution in [2.45, 2.75) is 26.3 Å². The summed E-state index contributed by atoms with van der Waals surface area (Å²) < 4.78 is 32.0. The summed E-state index contributed by atoms with van der Waals surface area (Å²) in [5.41, 5.74) is 1.48. The smallest absolute Gasteiger partial charge is 0.235 e. The number of hydrogen-bond acceptors (Lipinski definition) is 4. The van der Waals surface area contributed by atoms with Gasteiger partial charge in [0.2, 0.25) is 10.0 Å². The molecule has 1 heterocycles. The molecule has 0 amide bonds. The van der Waals surface area contributed by atoms with Gasteiger partial charge in [-0.3, -0.25) is 9.29 Å². The molecule has 0 aliphatic rings. The minimum Gasteiger partial charge on any atom is -0.497 e. The van der Waals surface area contributed by atoms with E-state index in [1.807, 2.05) is 13.0 Å². The maximum Gasteiger partial charge on any atom is 0.235 e. The van der Waals surface area contributed by atoms with E-state index in [0.29, 0.717) is 17.9 Å². The molecule has 0 saturated heterocycles. The van der Waals surface area contributed by atoms with Gasteiger partial charge in [-0.1, -0.05) is 19.4 Å². The van der Waals surface area contributed by atoms with Crippen molar-refractivity contribution in [3.05, 3.63) is 54.4 Å². The molecule has 23 heavy (non-hydrogen) atoms. The minimum absolute atomic E-state index is 0.135. The van der Waals surface area contributed by atoms with Crippen LogP contribution in [0, 0.1) is 0 Å². The number of aromatic nitrogens is 1. The number of methoxy groups -OCH3 is 1. The number of anilines is 1. The van der Waals surface area contributed by atoms with E-state index in [1.54, 1.807) is 49.8 Å². The lowest BCUT2D eigenvalue weighted by Crippen LogP contribution is -2.32. The Balaban J connectivity index is 2.33. The maximum absolute atomic E-state index is 12.7. The van der Waals surface area contributed by atoms with Crippen LogP contribution in [0.15, 0.2) is 48.8 Å². The van der Waals surface area contributed by atoms with E-state index in [1.165, 1.54) is 4.31 Å². The highest BCUT2D eigenvalue weighted by Gasteiger charge is 2.22. The van der Waals surface area contributed by atoms with Gasteiger partial charge in [0, 0.05) is 12.4 Å². The van der Waals surface area contributed by atoms with Crippen molar-refractivity contribution in [2.75, 3.05) is 17.2 Å². The summed E-state index contributed by atoms with van der Waals surface area (Å²) in [7, 11) is -1.81. The zero-order valence-electron chi connectivity index (χ0n) is 13.5. The largest absolute Gasteiger partial charge is 0.497 e. The van der Waals surface area contributed by atoms with E-state index >= 15 is 0 Å². The molecule has 0 aliphatic heterocycles. The molecule has 0 aliphatic carbocycles. The summed E-state index contributed by atoms with van der Waals surface area (Å²) >= 11 is 0. The van der Waals surface area contributed by atoms with Crippen molar-refractivity contribution >= 4 is 15.7 Å². The Morgan fingerprint density at radius 2 is 1.91 bits per heavy atom. The molecule has 0 spiro atoms. The second kappa shape index (κ2) is 7.97. The number of unbranched alkanes of at least 4 members (excludes halogenated alkanes) is 1. The predicted octanol–water partition coefficient (Wildman–Crippen LogP) is 3.23. The lowest BCUT2D eigenvalue weighted by Gasteiger charge is -2.24. The van der Waals surface area contributed by atoms with Crippen molar-refractivity contribution in [3.63, 3.8) is 0 Å². The van der Waals surface area contributed by atoms with Crippen molar-refractivity contribution in [3.8, 4) is 5.75 Å². The van der Waals surface area contributed by atoms with Gasteiger partial charge < -0.3 is 4.74 Å². The van der Waals surface area contributed by atoms with Crippen LogP contribution in [0.5, 0.6) is 5.75 Å². The number of benzene rings is 1. The van der Waals surface area contributed by atoms with Crippen LogP contribution in [0.3, 0.4) is 0 Å². The standard InChI is InChI=1S/C17H22N2O3S/c1-3-4-12-23(20,21)19(14-15-6-5-11-18-13-15)16-7-9-17(22-2)10-8-16/h5-11,13H,3-4,12,14H2,1-2H3. The van der Waals surface area contributed by atoms with Gasteiger partial charge in [0.1, 0.15) is 5.75 Å². The summed E-state index contributed by atoms with van der Waals surface area (Å²) in [5, 5.41) is 0. The van der Waals surface area contributed by atoms with Gasteiger partial charge in [-0.15, -0.1) is 0 Å². The molecule has 1 aromatic carbocycles. The van der Waals surface area contributed by atoms with E-state index in [-0.39, 0.29) is 12.3 Å². The average molecular weight is 334 g/mol. The Morgan fingerprint density at radius 3 is 2.48 bits per heavy atom. The third-order valence-electron chi connectivity index (χ3n) is 3.50. The fourth-order valence-electron chi connectivity index (χ4n) is 2.19. The first-order chi connectivity index (χ1) is 11.1. The first-order valence-electron chi connectivity index (χ1n) is 7.60. The van der Waals surface area contributed by atoms with Crippen LogP contribution in [-0.4, -0.2) is 26.3 Å². The molecule has 0 atom stereocenters. The van der Waals surface area contributed by atoms with Gasteiger partial charge in [0.15, 0.2) is 0 Å². The molecule has 0 unspecified atom stereocenters. The van der Waals surface area contributed by atoms with Crippen molar-refractivity contribution in [2.24, 2.45) is 0 Å². The van der Waals surface area contributed by atoms with Gasteiger partial charge in [0.05, 0.1) is 25.1 Å². The Kier molecular flexibility index (Phi) is 5.98. The quantitative estimate of drug-likeness (QED) is 0.744. The zero-order chi connectivity index (χ0) is 16.7. The number of rotatable bonds is 8. The molecule has 0 fully saturated rings. The van der Waals surface area contributed by atoms with Crippen LogP contribution >= 0.6 is 0 Å². The van der Waals surface area contributed by atoms with E-state index in [2.05, 4.69) is 4.98 Å². The molecule has 0 N–H and O–H groups in total. The molecule has 0 bridgehead atoms. The second-order valence-electron chi connectivity index (χ2n) is 5.24. The molecule has 2 rings (SSSR count). The molecule has 1 aromatic heterocycles. The third-order valence-corrected chi connectivity index (χ3v) is 5.32. The molecule has 5 nitrogen and oxygen atoms in total. The number of nitrogens with zero attached hydrogens (tertiary/aromatic N) is 2. The van der Waals surface area contributed by atoms with Crippen LogP contribution in [0.2, 0.25) is 0 Å². The SMILES string of the molecule is CCCCS(=O)(=O)N(Cc1cccnc1)c1ccc(OC)cc1. The van der Waals surface area contributed by atoms with E-state index in [9.17, 15) is 8.42 Å². The lowest BCUT2D eigenvalue weighted by atomic mass is 10.2. The molecule has 0 radical (unpaired) electrons. The van der Waals surface area contributed by atoms with Crippen LogP contribution in [0.1, 0.15) is 25.3 Å². The molecular weight excluding hydrogens is 312 g/mol. The Morgan fingerprint density at radius 1 is 1.17 bits per heavy atom. The number of pyridine rings is 1. The molecule has 124 valence electrons. The molecular formula is C17H22N2O3S. The van der Waals surface area contributed by atoms with Crippen LogP contribution in [0.4, 0.5) is 5.69 Å². The third kappa shape index (κ3) is 4.69. The number of ether oxygens (including phenoxy) is 1. The highest BCUT2D eigenvalue weighted by Crippen LogP contribution is 2.24. The Labute approximate surface area is 138 Å². The van der Waals surface area contributed by atoms with Crippen molar-refractivity contribution in [1.29, 1.82) is 0 Å². The summed E-state index contributed by atoms with van der Waals surface area (Å²) in [4.78, 5) is 4.06. The van der Waals surface area contributed by atoms with Gasteiger partial charge in [-0.2, -0.15) is 0 Å². The highest BCUT2D eigenvalue weighted by molar-refractivity contribution is 7.92. The fraction of sp³-hybridized carbons (Fsp3) is 0.353. The lowest BCUT2D eigenvalue weighted by molar-refractivity contribution is 0.415. The molecule has 0 saturated carbocycles. The van der Waals surface area contributed by atoms with Gasteiger partial charge in [-0.05, 0) is 42.3 Å². The first-order valence-corrected chi connectivity index (χ1v) is 9.21. The topological polar surface area (TPSA) is 59.5 Å². The second-order valence-corrected chi connectivity index (χ2v) is 7.25. The van der Waals surface area contributed by atoms with Gasteiger partial charge >= 0.3 is 0 Å². The number of hydrogen-bond donors (Lipinski definition) is 0. The highest BCUT2D eigenvalue weighted by atomic mass is 32.2. The summed E-state index contributed by atoms with van der Waals surface area (Å²) in [6.07, 6.45) is 4.84. The van der Waals surface area contributed by atoms with Gasteiger partial charge in [0.25, 0.3) is 0 Å². The summed E-state index contributed by atoms with van der Waals surface area (Å²) in [5.74, 6) is 0.830. The summed E-state index contributed by atoms with van der Waals surface area (Å²) in [6, 6.07) is 10.7. The number of sulfonamides is 1. The van der Waals surface area contributed by atoms with Crippen LogP contribution in [-0.2, 0) is 16.6 Å². The maximum atomic E-state index is 12.7. The average Bonchev–Trinajstić information content (AvgIpc) is 2.59. The minimum atomic E-state index is -3.39. The molecule has 2 aromatic rings.